The van der Waals surface area contributed by atoms with Gasteiger partial charge in [-0.15, -0.1) is 0 Å². The van der Waals surface area contributed by atoms with E-state index in [0.717, 1.165) is 12.2 Å². The highest BCUT2D eigenvalue weighted by Gasteiger charge is 2.08. The van der Waals surface area contributed by atoms with Crippen molar-refractivity contribution in [2.24, 2.45) is 0 Å². The number of hydrogen-bond donors (Lipinski definition) is 1. The zero-order valence-electron chi connectivity index (χ0n) is 11.0. The molecule has 1 rings (SSSR count). The highest BCUT2D eigenvalue weighted by molar-refractivity contribution is 5.89. The minimum absolute atomic E-state index is 0.0734. The Morgan fingerprint density at radius 3 is 2.24 bits per heavy atom. The lowest BCUT2D eigenvalue weighted by Crippen LogP contribution is -2.36. The van der Waals surface area contributed by atoms with Gasteiger partial charge >= 0.3 is 6.03 Å². The zero-order valence-corrected chi connectivity index (χ0v) is 11.0. The molecule has 0 atom stereocenters. The number of benzene rings is 1. The number of nitrogens with one attached hydrogen (secondary N) is 1. The Kier molecular flexibility index (Phi) is 4.97. The average Bonchev–Trinajstić information content (AvgIpc) is 2.28. The summed E-state index contributed by atoms with van der Waals surface area (Å²) in [4.78, 5) is 15.5. The van der Waals surface area contributed by atoms with Crippen LogP contribution in [-0.4, -0.2) is 50.1 Å². The molecule has 17 heavy (non-hydrogen) atoms. The van der Waals surface area contributed by atoms with Crippen molar-refractivity contribution < 1.29 is 4.79 Å². The van der Waals surface area contributed by atoms with Gasteiger partial charge in [-0.05, 0) is 33.2 Å². The molecule has 0 saturated carbocycles. The third-order valence-electron chi connectivity index (χ3n) is 2.53. The molecule has 0 aliphatic heterocycles. The van der Waals surface area contributed by atoms with E-state index in [1.54, 1.807) is 11.9 Å². The fourth-order valence-electron chi connectivity index (χ4n) is 1.31. The molecule has 0 radical (unpaired) electrons. The molecule has 0 saturated heterocycles. The molecule has 0 aliphatic carbocycles. The van der Waals surface area contributed by atoms with E-state index in [9.17, 15) is 4.79 Å². The maximum Gasteiger partial charge on any atom is 0.321 e. The van der Waals surface area contributed by atoms with Gasteiger partial charge in [0.15, 0.2) is 0 Å². The molecule has 0 spiro atoms. The van der Waals surface area contributed by atoms with Gasteiger partial charge in [0, 0.05) is 25.8 Å². The van der Waals surface area contributed by atoms with Crippen LogP contribution in [0, 0.1) is 6.92 Å². The van der Waals surface area contributed by atoms with Crippen molar-refractivity contribution in [3.8, 4) is 0 Å². The van der Waals surface area contributed by atoms with Crippen LogP contribution in [0.1, 0.15) is 5.56 Å². The molecule has 4 heteroatoms. The van der Waals surface area contributed by atoms with E-state index in [-0.39, 0.29) is 6.03 Å². The van der Waals surface area contributed by atoms with Crippen LogP contribution < -0.4 is 5.32 Å². The van der Waals surface area contributed by atoms with Crippen molar-refractivity contribution in [3.63, 3.8) is 0 Å². The summed E-state index contributed by atoms with van der Waals surface area (Å²) in [5.74, 6) is 0. The second-order valence-electron chi connectivity index (χ2n) is 4.52. The van der Waals surface area contributed by atoms with Crippen LogP contribution in [0.2, 0.25) is 0 Å². The molecular formula is C13H21N3O. The number of amides is 2. The van der Waals surface area contributed by atoms with Gasteiger partial charge in [-0.3, -0.25) is 0 Å². The third-order valence-corrected chi connectivity index (χ3v) is 2.53. The topological polar surface area (TPSA) is 35.6 Å². The molecule has 1 aromatic rings. The Morgan fingerprint density at radius 2 is 1.71 bits per heavy atom. The number of rotatable bonds is 4. The van der Waals surface area contributed by atoms with Crippen molar-refractivity contribution in [3.05, 3.63) is 29.8 Å². The molecule has 94 valence electrons. The average molecular weight is 235 g/mol. The third kappa shape index (κ3) is 4.87. The smallest absolute Gasteiger partial charge is 0.321 e. The Labute approximate surface area is 103 Å². The first-order chi connectivity index (χ1) is 7.99. The maximum atomic E-state index is 11.8. The first-order valence-corrected chi connectivity index (χ1v) is 5.72. The molecule has 0 unspecified atom stereocenters. The Hall–Kier alpha value is -1.55. The van der Waals surface area contributed by atoms with Crippen molar-refractivity contribution >= 4 is 11.7 Å². The molecule has 0 fully saturated rings. The summed E-state index contributed by atoms with van der Waals surface area (Å²) in [5, 5.41) is 2.86. The number of urea groups is 1. The summed E-state index contributed by atoms with van der Waals surface area (Å²) in [6.45, 7) is 3.59. The lowest BCUT2D eigenvalue weighted by molar-refractivity contribution is 0.217. The van der Waals surface area contributed by atoms with E-state index in [1.165, 1.54) is 5.56 Å². The normalized spacial score (nSPS) is 10.4. The highest BCUT2D eigenvalue weighted by Crippen LogP contribution is 2.09. The molecule has 2 amide bonds. The summed E-state index contributed by atoms with van der Waals surface area (Å²) >= 11 is 0. The van der Waals surface area contributed by atoms with Gasteiger partial charge in [0.25, 0.3) is 0 Å². The highest BCUT2D eigenvalue weighted by atomic mass is 16.2. The van der Waals surface area contributed by atoms with Gasteiger partial charge in [-0.1, -0.05) is 17.7 Å². The molecule has 0 aliphatic rings. The summed E-state index contributed by atoms with van der Waals surface area (Å²) < 4.78 is 0. The van der Waals surface area contributed by atoms with Crippen molar-refractivity contribution in [1.82, 2.24) is 9.80 Å². The second kappa shape index (κ2) is 6.25. The molecule has 0 heterocycles. The lowest BCUT2D eigenvalue weighted by Gasteiger charge is -2.20. The summed E-state index contributed by atoms with van der Waals surface area (Å²) in [6.07, 6.45) is 0. The molecule has 1 aromatic carbocycles. The number of likely N-dealkylation sites (N-methyl/N-ethyl adjacent to an activating group) is 2. The Balaban J connectivity index is 2.45. The van der Waals surface area contributed by atoms with Crippen LogP contribution in [0.5, 0.6) is 0 Å². The fourth-order valence-corrected chi connectivity index (χ4v) is 1.31. The minimum atomic E-state index is -0.0734. The monoisotopic (exact) mass is 235 g/mol. The van der Waals surface area contributed by atoms with Crippen molar-refractivity contribution in [2.75, 3.05) is 39.5 Å². The van der Waals surface area contributed by atoms with E-state index in [4.69, 9.17) is 0 Å². The van der Waals surface area contributed by atoms with Gasteiger partial charge in [-0.2, -0.15) is 0 Å². The standard InChI is InChI=1S/C13H21N3O/c1-11-5-7-12(8-6-11)14-13(17)16(4)10-9-15(2)3/h5-8H,9-10H2,1-4H3,(H,14,17). The first kappa shape index (κ1) is 13.5. The summed E-state index contributed by atoms with van der Waals surface area (Å²) in [5.41, 5.74) is 2.02. The van der Waals surface area contributed by atoms with Crippen molar-refractivity contribution in [1.29, 1.82) is 0 Å². The molecule has 0 aromatic heterocycles. The van der Waals surface area contributed by atoms with Crippen LogP contribution in [-0.2, 0) is 0 Å². The number of hydrogen-bond acceptors (Lipinski definition) is 2. The van der Waals surface area contributed by atoms with E-state index >= 15 is 0 Å². The van der Waals surface area contributed by atoms with E-state index in [0.29, 0.717) is 6.54 Å². The molecule has 0 bridgehead atoms. The number of carbonyl (C=O) groups excluding carboxylic acids is 1. The predicted molar refractivity (Wildman–Crippen MR) is 71.4 cm³/mol. The first-order valence-electron chi connectivity index (χ1n) is 5.72. The SMILES string of the molecule is Cc1ccc(NC(=O)N(C)CCN(C)C)cc1. The number of anilines is 1. The number of carbonyl (C=O) groups is 1. The lowest BCUT2D eigenvalue weighted by atomic mass is 10.2. The van der Waals surface area contributed by atoms with Gasteiger partial charge in [0.2, 0.25) is 0 Å². The van der Waals surface area contributed by atoms with Crippen LogP contribution in [0.3, 0.4) is 0 Å². The molecule has 4 nitrogen and oxygen atoms in total. The van der Waals surface area contributed by atoms with Crippen LogP contribution in [0.4, 0.5) is 10.5 Å². The van der Waals surface area contributed by atoms with Crippen LogP contribution in [0.15, 0.2) is 24.3 Å². The summed E-state index contributed by atoms with van der Waals surface area (Å²) in [6, 6.07) is 7.71. The van der Waals surface area contributed by atoms with Gasteiger partial charge in [0.1, 0.15) is 0 Å². The molecular weight excluding hydrogens is 214 g/mol. The van der Waals surface area contributed by atoms with Gasteiger partial charge in [-0.25, -0.2) is 4.79 Å². The van der Waals surface area contributed by atoms with Gasteiger partial charge in [0.05, 0.1) is 0 Å². The van der Waals surface area contributed by atoms with Crippen molar-refractivity contribution in [2.45, 2.75) is 6.92 Å². The second-order valence-corrected chi connectivity index (χ2v) is 4.52. The van der Waals surface area contributed by atoms with Crippen LogP contribution >= 0.6 is 0 Å². The minimum Gasteiger partial charge on any atom is -0.326 e. The largest absolute Gasteiger partial charge is 0.326 e. The van der Waals surface area contributed by atoms with E-state index < -0.39 is 0 Å². The van der Waals surface area contributed by atoms with Gasteiger partial charge < -0.3 is 15.1 Å². The molecule has 1 N–H and O–H groups in total. The van der Waals surface area contributed by atoms with E-state index in [2.05, 4.69) is 10.2 Å². The predicted octanol–water partition coefficient (Wildman–Crippen LogP) is 2.02. The maximum absolute atomic E-state index is 11.8. The summed E-state index contributed by atoms with van der Waals surface area (Å²) in [7, 11) is 5.78. The van der Waals surface area contributed by atoms with Crippen LogP contribution in [0.25, 0.3) is 0 Å². The Morgan fingerprint density at radius 1 is 1.12 bits per heavy atom. The fraction of sp³-hybridized carbons (Fsp3) is 0.462. The number of aryl methyl sites for hydroxylation is 1. The quantitative estimate of drug-likeness (QED) is 0.866. The number of nitrogens with zero attached hydrogens (tertiary/aromatic N) is 2. The Bertz CT molecular complexity index is 359. The van der Waals surface area contributed by atoms with E-state index in [1.807, 2.05) is 45.3 Å². The zero-order chi connectivity index (χ0) is 12.8.